The molecule has 2 rings (SSSR count). The van der Waals surface area contributed by atoms with Crippen LogP contribution < -0.4 is 0 Å². The number of aromatic nitrogens is 1. The molecule has 2 aromatic rings. The van der Waals surface area contributed by atoms with Gasteiger partial charge in [0.05, 0.1) is 16.3 Å². The van der Waals surface area contributed by atoms with Crippen molar-refractivity contribution in [1.29, 1.82) is 5.26 Å². The smallest absolute Gasteiger partial charge is 0.174 e. The first-order chi connectivity index (χ1) is 9.52. The second-order valence-electron chi connectivity index (χ2n) is 3.87. The minimum atomic E-state index is -0.119. The standard InChI is InChI=1S/C13H8Cl2N2OS2/c1-7-10(5-16)13(17-20-7)19-6-12(18)9-3-2-8(14)4-11(9)15/h2-4H,6H2,1H3. The van der Waals surface area contributed by atoms with Crippen LogP contribution in [0.1, 0.15) is 20.8 Å². The fourth-order valence-electron chi connectivity index (χ4n) is 1.50. The Balaban J connectivity index is 2.11. The van der Waals surface area contributed by atoms with E-state index in [-0.39, 0.29) is 11.5 Å². The van der Waals surface area contributed by atoms with Crippen molar-refractivity contribution < 1.29 is 4.79 Å². The van der Waals surface area contributed by atoms with Gasteiger partial charge in [-0.3, -0.25) is 4.79 Å². The zero-order valence-corrected chi connectivity index (χ0v) is 13.5. The van der Waals surface area contributed by atoms with E-state index in [1.54, 1.807) is 12.1 Å². The lowest BCUT2D eigenvalue weighted by molar-refractivity contribution is 0.102. The lowest BCUT2D eigenvalue weighted by Crippen LogP contribution is -2.03. The highest BCUT2D eigenvalue weighted by Gasteiger charge is 2.15. The van der Waals surface area contributed by atoms with Crippen molar-refractivity contribution in [3.05, 3.63) is 44.2 Å². The summed E-state index contributed by atoms with van der Waals surface area (Å²) in [6, 6.07) is 6.86. The number of halogens is 2. The molecule has 0 aliphatic heterocycles. The molecule has 1 aromatic carbocycles. The lowest BCUT2D eigenvalue weighted by atomic mass is 10.1. The van der Waals surface area contributed by atoms with Gasteiger partial charge in [-0.1, -0.05) is 35.0 Å². The molecule has 0 bridgehead atoms. The van der Waals surface area contributed by atoms with Crippen LogP contribution in [0.3, 0.4) is 0 Å². The van der Waals surface area contributed by atoms with E-state index in [0.29, 0.717) is 26.2 Å². The van der Waals surface area contributed by atoms with E-state index in [9.17, 15) is 4.79 Å². The van der Waals surface area contributed by atoms with E-state index in [0.717, 1.165) is 4.88 Å². The van der Waals surface area contributed by atoms with Gasteiger partial charge >= 0.3 is 0 Å². The van der Waals surface area contributed by atoms with E-state index in [1.165, 1.54) is 29.4 Å². The first-order valence-electron chi connectivity index (χ1n) is 5.50. The third kappa shape index (κ3) is 3.33. The molecular weight excluding hydrogens is 335 g/mol. The van der Waals surface area contributed by atoms with Crippen molar-refractivity contribution in [2.24, 2.45) is 0 Å². The second kappa shape index (κ2) is 6.59. The van der Waals surface area contributed by atoms with Crippen LogP contribution in [0.4, 0.5) is 0 Å². The Hall–Kier alpha value is -1.06. The average molecular weight is 343 g/mol. The van der Waals surface area contributed by atoms with Crippen LogP contribution in [0.2, 0.25) is 10.0 Å². The monoisotopic (exact) mass is 342 g/mol. The predicted octanol–water partition coefficient (Wildman–Crippen LogP) is 4.61. The van der Waals surface area contributed by atoms with Crippen LogP contribution in [0, 0.1) is 18.3 Å². The topological polar surface area (TPSA) is 53.8 Å². The Kier molecular flexibility index (Phi) is 5.06. The zero-order chi connectivity index (χ0) is 14.7. The summed E-state index contributed by atoms with van der Waals surface area (Å²) in [4.78, 5) is 13.0. The summed E-state index contributed by atoms with van der Waals surface area (Å²) in [7, 11) is 0. The Morgan fingerprint density at radius 3 is 2.90 bits per heavy atom. The predicted molar refractivity (Wildman–Crippen MR) is 83.1 cm³/mol. The van der Waals surface area contributed by atoms with E-state index in [1.807, 2.05) is 6.92 Å². The van der Waals surface area contributed by atoms with E-state index in [2.05, 4.69) is 10.4 Å². The molecule has 0 fully saturated rings. The number of thioether (sulfide) groups is 1. The molecule has 0 aliphatic rings. The molecule has 7 heteroatoms. The molecule has 0 spiro atoms. The molecule has 0 saturated heterocycles. The van der Waals surface area contributed by atoms with Gasteiger partial charge in [-0.2, -0.15) is 9.64 Å². The Bertz CT molecular complexity index is 707. The van der Waals surface area contributed by atoms with Gasteiger partial charge in [0.15, 0.2) is 5.78 Å². The number of carbonyl (C=O) groups is 1. The number of hydrogen-bond donors (Lipinski definition) is 0. The summed E-state index contributed by atoms with van der Waals surface area (Å²) in [6.07, 6.45) is 0. The highest BCUT2D eigenvalue weighted by Crippen LogP contribution is 2.28. The fourth-order valence-corrected chi connectivity index (χ4v) is 3.72. The fraction of sp³-hybridized carbons (Fsp3) is 0.154. The van der Waals surface area contributed by atoms with Crippen molar-refractivity contribution in [1.82, 2.24) is 4.37 Å². The quantitative estimate of drug-likeness (QED) is 0.601. The number of Topliss-reactive ketones (excluding diaryl/α,β-unsaturated/α-hetero) is 1. The maximum atomic E-state index is 12.1. The van der Waals surface area contributed by atoms with Gasteiger partial charge in [0.1, 0.15) is 11.1 Å². The minimum absolute atomic E-state index is 0.119. The van der Waals surface area contributed by atoms with Crippen LogP contribution in [0.15, 0.2) is 23.2 Å². The molecule has 3 nitrogen and oxygen atoms in total. The molecule has 0 radical (unpaired) electrons. The van der Waals surface area contributed by atoms with E-state index < -0.39 is 0 Å². The first kappa shape index (κ1) is 15.3. The maximum absolute atomic E-state index is 12.1. The molecule has 1 heterocycles. The SMILES string of the molecule is Cc1snc(SCC(=O)c2ccc(Cl)cc2Cl)c1C#N. The van der Waals surface area contributed by atoms with Crippen LogP contribution in [-0.4, -0.2) is 15.9 Å². The average Bonchev–Trinajstić information content (AvgIpc) is 2.76. The number of aryl methyl sites for hydroxylation is 1. The Labute approximate surface area is 134 Å². The third-order valence-corrected chi connectivity index (χ3v) is 4.91. The molecule has 0 aliphatic carbocycles. The van der Waals surface area contributed by atoms with Gasteiger partial charge in [0, 0.05) is 15.5 Å². The summed E-state index contributed by atoms with van der Waals surface area (Å²) in [5.41, 5.74) is 0.962. The van der Waals surface area contributed by atoms with Gasteiger partial charge < -0.3 is 0 Å². The van der Waals surface area contributed by atoms with Crippen LogP contribution >= 0.6 is 46.5 Å². The van der Waals surface area contributed by atoms with Crippen molar-refractivity contribution in [2.75, 3.05) is 5.75 Å². The number of benzene rings is 1. The van der Waals surface area contributed by atoms with Gasteiger partial charge in [0.25, 0.3) is 0 Å². The summed E-state index contributed by atoms with van der Waals surface area (Å²) >= 11 is 14.3. The maximum Gasteiger partial charge on any atom is 0.174 e. The lowest BCUT2D eigenvalue weighted by Gasteiger charge is -2.03. The number of nitriles is 1. The molecule has 0 unspecified atom stereocenters. The normalized spacial score (nSPS) is 10.3. The van der Waals surface area contributed by atoms with Gasteiger partial charge in [-0.15, -0.1) is 0 Å². The van der Waals surface area contributed by atoms with Gasteiger partial charge in [-0.05, 0) is 36.7 Å². The summed E-state index contributed by atoms with van der Waals surface area (Å²) < 4.78 is 4.16. The number of ketones is 1. The second-order valence-corrected chi connectivity index (χ2v) is 6.65. The van der Waals surface area contributed by atoms with Gasteiger partial charge in [0.2, 0.25) is 0 Å². The highest BCUT2D eigenvalue weighted by molar-refractivity contribution is 8.00. The molecule has 102 valence electrons. The molecule has 0 atom stereocenters. The summed E-state index contributed by atoms with van der Waals surface area (Å²) in [5, 5.41) is 10.4. The van der Waals surface area contributed by atoms with Crippen LogP contribution in [-0.2, 0) is 0 Å². The number of rotatable bonds is 4. The Morgan fingerprint density at radius 1 is 1.50 bits per heavy atom. The number of carbonyl (C=O) groups excluding carboxylic acids is 1. The minimum Gasteiger partial charge on any atom is -0.293 e. The highest BCUT2D eigenvalue weighted by atomic mass is 35.5. The number of nitrogens with zero attached hydrogens (tertiary/aromatic N) is 2. The first-order valence-corrected chi connectivity index (χ1v) is 8.02. The molecule has 0 saturated carbocycles. The van der Waals surface area contributed by atoms with Crippen molar-refractivity contribution in [3.8, 4) is 6.07 Å². The summed E-state index contributed by atoms with van der Waals surface area (Å²) in [6.45, 7) is 1.83. The van der Waals surface area contributed by atoms with Crippen LogP contribution in [0.25, 0.3) is 0 Å². The van der Waals surface area contributed by atoms with E-state index in [4.69, 9.17) is 28.5 Å². The molecule has 1 aromatic heterocycles. The van der Waals surface area contributed by atoms with Crippen LogP contribution in [0.5, 0.6) is 0 Å². The molecule has 20 heavy (non-hydrogen) atoms. The zero-order valence-electron chi connectivity index (χ0n) is 10.3. The van der Waals surface area contributed by atoms with Crippen molar-refractivity contribution >= 4 is 52.3 Å². The van der Waals surface area contributed by atoms with Crippen molar-refractivity contribution in [2.45, 2.75) is 11.9 Å². The molecule has 0 amide bonds. The largest absolute Gasteiger partial charge is 0.293 e. The Morgan fingerprint density at radius 2 is 2.25 bits per heavy atom. The van der Waals surface area contributed by atoms with Crippen molar-refractivity contribution in [3.63, 3.8) is 0 Å². The van der Waals surface area contributed by atoms with Gasteiger partial charge in [-0.25, -0.2) is 0 Å². The summed E-state index contributed by atoms with van der Waals surface area (Å²) in [5.74, 6) is 0.0605. The number of hydrogen-bond acceptors (Lipinski definition) is 5. The third-order valence-electron chi connectivity index (χ3n) is 2.51. The molecular formula is C13H8Cl2N2OS2. The van der Waals surface area contributed by atoms with E-state index >= 15 is 0 Å². The molecule has 0 N–H and O–H groups in total.